The molecule has 0 aromatic rings. The van der Waals surface area contributed by atoms with E-state index in [-0.39, 0.29) is 5.54 Å². The van der Waals surface area contributed by atoms with Crippen molar-refractivity contribution in [1.82, 2.24) is 4.90 Å². The summed E-state index contributed by atoms with van der Waals surface area (Å²) in [5.74, 6) is 1.92. The van der Waals surface area contributed by atoms with E-state index in [4.69, 9.17) is 10.5 Å². The molecule has 1 aliphatic heterocycles. The van der Waals surface area contributed by atoms with E-state index in [1.54, 1.807) is 0 Å². The molecule has 1 heterocycles. The second-order valence-corrected chi connectivity index (χ2v) is 6.38. The van der Waals surface area contributed by atoms with Crippen LogP contribution in [0.4, 0.5) is 0 Å². The van der Waals surface area contributed by atoms with Gasteiger partial charge in [0.1, 0.15) is 0 Å². The van der Waals surface area contributed by atoms with Gasteiger partial charge in [0, 0.05) is 26.2 Å². The van der Waals surface area contributed by atoms with Crippen molar-refractivity contribution < 1.29 is 4.74 Å². The summed E-state index contributed by atoms with van der Waals surface area (Å²) in [5.41, 5.74) is 6.28. The first kappa shape index (κ1) is 11.9. The summed E-state index contributed by atoms with van der Waals surface area (Å²) in [6.07, 6.45) is 8.16. The van der Waals surface area contributed by atoms with Gasteiger partial charge in [0.15, 0.2) is 0 Å². The van der Waals surface area contributed by atoms with Crippen LogP contribution in [0.3, 0.4) is 0 Å². The Hall–Kier alpha value is -0.120. The lowest BCUT2D eigenvalue weighted by atomic mass is 9.89. The van der Waals surface area contributed by atoms with Gasteiger partial charge in [0.2, 0.25) is 0 Å². The van der Waals surface area contributed by atoms with Crippen LogP contribution in [-0.4, -0.2) is 43.3 Å². The molecule has 0 aromatic carbocycles. The molecule has 0 aromatic heterocycles. The smallest absolute Gasteiger partial charge is 0.0662 e. The summed E-state index contributed by atoms with van der Waals surface area (Å²) in [5, 5.41) is 0. The zero-order valence-corrected chi connectivity index (χ0v) is 10.9. The maximum Gasteiger partial charge on any atom is 0.0662 e. The van der Waals surface area contributed by atoms with Gasteiger partial charge in [0.25, 0.3) is 0 Å². The van der Waals surface area contributed by atoms with Gasteiger partial charge < -0.3 is 10.5 Å². The molecule has 3 fully saturated rings. The molecule has 17 heavy (non-hydrogen) atoms. The summed E-state index contributed by atoms with van der Waals surface area (Å²) in [4.78, 5) is 2.71. The Kier molecular flexibility index (Phi) is 3.42. The SMILES string of the molecule is NCC1(N(CC2CC2)CC2CC2)CCCOC1. The van der Waals surface area contributed by atoms with Crippen LogP contribution < -0.4 is 5.73 Å². The fourth-order valence-electron chi connectivity index (χ4n) is 3.06. The Labute approximate surface area is 105 Å². The lowest BCUT2D eigenvalue weighted by Gasteiger charge is -2.46. The monoisotopic (exact) mass is 238 g/mol. The fraction of sp³-hybridized carbons (Fsp3) is 1.00. The van der Waals surface area contributed by atoms with Crippen LogP contribution in [-0.2, 0) is 4.74 Å². The molecule has 2 N–H and O–H groups in total. The minimum atomic E-state index is 0.170. The van der Waals surface area contributed by atoms with Crippen molar-refractivity contribution in [2.24, 2.45) is 17.6 Å². The third-order valence-corrected chi connectivity index (χ3v) is 4.70. The first-order chi connectivity index (χ1) is 8.32. The van der Waals surface area contributed by atoms with Gasteiger partial charge >= 0.3 is 0 Å². The van der Waals surface area contributed by atoms with Crippen LogP contribution >= 0.6 is 0 Å². The first-order valence-corrected chi connectivity index (χ1v) is 7.35. The molecule has 3 nitrogen and oxygen atoms in total. The van der Waals surface area contributed by atoms with Crippen LogP contribution in [0.25, 0.3) is 0 Å². The topological polar surface area (TPSA) is 38.5 Å². The number of ether oxygens (including phenoxy) is 1. The number of nitrogens with zero attached hydrogens (tertiary/aromatic N) is 1. The van der Waals surface area contributed by atoms with Crippen molar-refractivity contribution in [3.63, 3.8) is 0 Å². The van der Waals surface area contributed by atoms with E-state index in [0.29, 0.717) is 0 Å². The highest BCUT2D eigenvalue weighted by Crippen LogP contribution is 2.38. The van der Waals surface area contributed by atoms with E-state index < -0.39 is 0 Å². The zero-order valence-electron chi connectivity index (χ0n) is 10.9. The lowest BCUT2D eigenvalue weighted by molar-refractivity contribution is -0.0487. The van der Waals surface area contributed by atoms with Crippen LogP contribution in [0, 0.1) is 11.8 Å². The predicted molar refractivity (Wildman–Crippen MR) is 68.9 cm³/mol. The van der Waals surface area contributed by atoms with Crippen molar-refractivity contribution in [2.45, 2.75) is 44.1 Å². The highest BCUT2D eigenvalue weighted by atomic mass is 16.5. The standard InChI is InChI=1S/C14H26N2O/c15-10-14(6-1-7-17-11-14)16(8-12-2-3-12)9-13-4-5-13/h12-13H,1-11,15H2. The van der Waals surface area contributed by atoms with E-state index in [1.165, 1.54) is 51.6 Å². The van der Waals surface area contributed by atoms with Crippen molar-refractivity contribution in [3.8, 4) is 0 Å². The van der Waals surface area contributed by atoms with Crippen LogP contribution in [0.5, 0.6) is 0 Å². The van der Waals surface area contributed by atoms with E-state index in [0.717, 1.165) is 31.6 Å². The van der Waals surface area contributed by atoms with Gasteiger partial charge in [-0.15, -0.1) is 0 Å². The average Bonchev–Trinajstić information content (AvgIpc) is 3.24. The van der Waals surface area contributed by atoms with Crippen molar-refractivity contribution in [3.05, 3.63) is 0 Å². The third-order valence-electron chi connectivity index (χ3n) is 4.70. The van der Waals surface area contributed by atoms with Crippen molar-refractivity contribution in [2.75, 3.05) is 32.8 Å². The summed E-state index contributed by atoms with van der Waals surface area (Å²) >= 11 is 0. The highest BCUT2D eigenvalue weighted by Gasteiger charge is 2.42. The Bertz CT molecular complexity index is 241. The quantitative estimate of drug-likeness (QED) is 0.764. The first-order valence-electron chi connectivity index (χ1n) is 7.35. The van der Waals surface area contributed by atoms with Crippen molar-refractivity contribution >= 4 is 0 Å². The molecular formula is C14H26N2O. The maximum absolute atomic E-state index is 6.11. The predicted octanol–water partition coefficient (Wildman–Crippen LogP) is 1.62. The highest BCUT2D eigenvalue weighted by molar-refractivity contribution is 4.97. The normalized spacial score (nSPS) is 34.2. The maximum atomic E-state index is 6.11. The molecule has 2 saturated carbocycles. The van der Waals surface area contributed by atoms with Gasteiger partial charge in [-0.1, -0.05) is 0 Å². The molecule has 1 atom stereocenters. The molecular weight excluding hydrogens is 212 g/mol. The molecule has 3 aliphatic rings. The minimum absolute atomic E-state index is 0.170. The molecule has 3 rings (SSSR count). The molecule has 0 radical (unpaired) electrons. The van der Waals surface area contributed by atoms with Gasteiger partial charge in [-0.2, -0.15) is 0 Å². The molecule has 1 unspecified atom stereocenters. The lowest BCUT2D eigenvalue weighted by Crippen LogP contribution is -2.59. The number of rotatable bonds is 6. The minimum Gasteiger partial charge on any atom is -0.379 e. The molecule has 3 heteroatoms. The van der Waals surface area contributed by atoms with E-state index in [9.17, 15) is 0 Å². The van der Waals surface area contributed by atoms with Crippen LogP contribution in [0.2, 0.25) is 0 Å². The van der Waals surface area contributed by atoms with E-state index >= 15 is 0 Å². The Morgan fingerprint density at radius 3 is 2.18 bits per heavy atom. The second-order valence-electron chi connectivity index (χ2n) is 6.38. The van der Waals surface area contributed by atoms with Gasteiger partial charge in [0.05, 0.1) is 12.1 Å². The summed E-state index contributed by atoms with van der Waals surface area (Å²) in [6.45, 7) is 5.12. The third kappa shape index (κ3) is 2.83. The average molecular weight is 238 g/mol. The summed E-state index contributed by atoms with van der Waals surface area (Å²) in [7, 11) is 0. The van der Waals surface area contributed by atoms with E-state index in [1.807, 2.05) is 0 Å². The fourth-order valence-corrected chi connectivity index (χ4v) is 3.06. The molecule has 0 bridgehead atoms. The summed E-state index contributed by atoms with van der Waals surface area (Å²) in [6, 6.07) is 0. The number of nitrogens with two attached hydrogens (primary N) is 1. The van der Waals surface area contributed by atoms with E-state index in [2.05, 4.69) is 4.90 Å². The Morgan fingerprint density at radius 1 is 1.12 bits per heavy atom. The Morgan fingerprint density at radius 2 is 1.76 bits per heavy atom. The molecule has 0 spiro atoms. The zero-order chi connectivity index (χ0) is 11.7. The Balaban J connectivity index is 1.67. The van der Waals surface area contributed by atoms with Gasteiger partial charge in [-0.25, -0.2) is 0 Å². The molecule has 98 valence electrons. The van der Waals surface area contributed by atoms with Crippen LogP contribution in [0.15, 0.2) is 0 Å². The second kappa shape index (κ2) is 4.87. The van der Waals surface area contributed by atoms with Gasteiger partial charge in [-0.05, 0) is 50.4 Å². The largest absolute Gasteiger partial charge is 0.379 e. The number of hydrogen-bond acceptors (Lipinski definition) is 3. The van der Waals surface area contributed by atoms with Crippen LogP contribution in [0.1, 0.15) is 38.5 Å². The molecule has 2 aliphatic carbocycles. The molecule has 0 amide bonds. The van der Waals surface area contributed by atoms with Gasteiger partial charge in [-0.3, -0.25) is 4.90 Å². The summed E-state index contributed by atoms with van der Waals surface area (Å²) < 4.78 is 5.74. The number of hydrogen-bond donors (Lipinski definition) is 1. The molecule has 1 saturated heterocycles. The van der Waals surface area contributed by atoms with Crippen molar-refractivity contribution in [1.29, 1.82) is 0 Å².